The molecule has 0 radical (unpaired) electrons. The summed E-state index contributed by atoms with van der Waals surface area (Å²) in [7, 11) is 0. The number of anilines is 3. The minimum atomic E-state index is -0.275. The lowest BCUT2D eigenvalue weighted by Gasteiger charge is -2.17. The van der Waals surface area contributed by atoms with Gasteiger partial charge in [0.05, 0.1) is 12.7 Å². The zero-order valence-electron chi connectivity index (χ0n) is 13.7. The van der Waals surface area contributed by atoms with E-state index in [0.717, 1.165) is 18.8 Å². The van der Waals surface area contributed by atoms with Gasteiger partial charge in [0.2, 0.25) is 5.95 Å². The summed E-state index contributed by atoms with van der Waals surface area (Å²) in [5.41, 5.74) is 2.12. The quantitative estimate of drug-likeness (QED) is 0.744. The van der Waals surface area contributed by atoms with Gasteiger partial charge < -0.3 is 14.6 Å². The fraction of sp³-hybridized carbons (Fsp3) is 0.278. The van der Waals surface area contributed by atoms with Gasteiger partial charge in [0.1, 0.15) is 11.5 Å². The summed E-state index contributed by atoms with van der Waals surface area (Å²) >= 11 is 0. The topological polar surface area (TPSA) is 87.0 Å². The standard InChI is InChI=1S/C18H19N5O2/c24-17-16(12-15-4-3-11-25-15)21-22-18(20-17)19-13-5-7-14(8-6-13)23-9-1-2-10-23/h3-8,11H,1-2,9-10,12H2,(H2,19,20,22,24). The van der Waals surface area contributed by atoms with Crippen molar-refractivity contribution in [2.24, 2.45) is 0 Å². The Morgan fingerprint density at radius 1 is 1.12 bits per heavy atom. The number of benzene rings is 1. The van der Waals surface area contributed by atoms with Crippen LogP contribution < -0.4 is 15.8 Å². The molecular weight excluding hydrogens is 318 g/mol. The van der Waals surface area contributed by atoms with Crippen molar-refractivity contribution >= 4 is 17.3 Å². The number of nitrogens with one attached hydrogen (secondary N) is 2. The number of hydrogen-bond acceptors (Lipinski definition) is 6. The SMILES string of the molecule is O=c1[nH]c(Nc2ccc(N3CCCC3)cc2)nnc1Cc1ccco1. The zero-order valence-corrected chi connectivity index (χ0v) is 13.7. The fourth-order valence-electron chi connectivity index (χ4n) is 2.98. The predicted octanol–water partition coefficient (Wildman–Crippen LogP) is 2.69. The molecule has 1 saturated heterocycles. The Kier molecular flexibility index (Phi) is 4.20. The summed E-state index contributed by atoms with van der Waals surface area (Å²) in [6, 6.07) is 11.7. The van der Waals surface area contributed by atoms with Crippen molar-refractivity contribution in [1.82, 2.24) is 15.2 Å². The van der Waals surface area contributed by atoms with E-state index in [1.165, 1.54) is 18.5 Å². The molecule has 0 amide bonds. The van der Waals surface area contributed by atoms with Gasteiger partial charge in [-0.2, -0.15) is 0 Å². The van der Waals surface area contributed by atoms with E-state index in [-0.39, 0.29) is 5.56 Å². The monoisotopic (exact) mass is 337 g/mol. The van der Waals surface area contributed by atoms with E-state index in [1.807, 2.05) is 12.1 Å². The number of aromatic amines is 1. The van der Waals surface area contributed by atoms with Gasteiger partial charge in [0.15, 0.2) is 0 Å². The number of hydrogen-bond donors (Lipinski definition) is 2. The molecule has 128 valence electrons. The predicted molar refractivity (Wildman–Crippen MR) is 95.3 cm³/mol. The molecule has 25 heavy (non-hydrogen) atoms. The first-order chi connectivity index (χ1) is 12.3. The fourth-order valence-corrected chi connectivity index (χ4v) is 2.98. The smallest absolute Gasteiger partial charge is 0.274 e. The first-order valence-corrected chi connectivity index (χ1v) is 8.38. The van der Waals surface area contributed by atoms with Crippen LogP contribution in [0.5, 0.6) is 0 Å². The van der Waals surface area contributed by atoms with Gasteiger partial charge in [-0.1, -0.05) is 0 Å². The van der Waals surface area contributed by atoms with E-state index in [0.29, 0.717) is 23.8 Å². The van der Waals surface area contributed by atoms with Gasteiger partial charge in [0.25, 0.3) is 5.56 Å². The van der Waals surface area contributed by atoms with E-state index in [1.54, 1.807) is 18.4 Å². The van der Waals surface area contributed by atoms with Crippen LogP contribution in [0.2, 0.25) is 0 Å². The van der Waals surface area contributed by atoms with Crippen molar-refractivity contribution in [3.05, 3.63) is 64.5 Å². The maximum Gasteiger partial charge on any atom is 0.274 e. The largest absolute Gasteiger partial charge is 0.469 e. The highest BCUT2D eigenvalue weighted by atomic mass is 16.3. The Morgan fingerprint density at radius 2 is 1.92 bits per heavy atom. The lowest BCUT2D eigenvalue weighted by Crippen LogP contribution is -2.19. The van der Waals surface area contributed by atoms with Gasteiger partial charge in [-0.15, -0.1) is 10.2 Å². The van der Waals surface area contributed by atoms with E-state index in [4.69, 9.17) is 4.42 Å². The van der Waals surface area contributed by atoms with E-state index < -0.39 is 0 Å². The van der Waals surface area contributed by atoms with Crippen molar-refractivity contribution in [1.29, 1.82) is 0 Å². The molecule has 0 bridgehead atoms. The Hall–Kier alpha value is -3.09. The van der Waals surface area contributed by atoms with Crippen LogP contribution in [0.3, 0.4) is 0 Å². The van der Waals surface area contributed by atoms with Crippen molar-refractivity contribution < 1.29 is 4.42 Å². The summed E-state index contributed by atoms with van der Waals surface area (Å²) in [5.74, 6) is 1.00. The summed E-state index contributed by atoms with van der Waals surface area (Å²) in [6.45, 7) is 2.23. The first kappa shape index (κ1) is 15.4. The normalized spacial score (nSPS) is 14.0. The maximum absolute atomic E-state index is 12.1. The molecule has 0 unspecified atom stereocenters. The average molecular weight is 337 g/mol. The molecule has 0 atom stereocenters. The summed E-state index contributed by atoms with van der Waals surface area (Å²) in [5, 5.41) is 11.1. The second kappa shape index (κ2) is 6.80. The molecular formula is C18H19N5O2. The van der Waals surface area contributed by atoms with Crippen molar-refractivity contribution in [3.63, 3.8) is 0 Å². The van der Waals surface area contributed by atoms with Crippen LogP contribution in [0.4, 0.5) is 17.3 Å². The van der Waals surface area contributed by atoms with E-state index in [9.17, 15) is 4.79 Å². The van der Waals surface area contributed by atoms with Crippen LogP contribution in [-0.4, -0.2) is 28.3 Å². The maximum atomic E-state index is 12.1. The molecule has 3 heterocycles. The second-order valence-corrected chi connectivity index (χ2v) is 6.07. The van der Waals surface area contributed by atoms with Crippen LogP contribution in [0.25, 0.3) is 0 Å². The molecule has 1 aliphatic heterocycles. The Morgan fingerprint density at radius 3 is 2.60 bits per heavy atom. The molecule has 0 spiro atoms. The lowest BCUT2D eigenvalue weighted by atomic mass is 10.2. The highest BCUT2D eigenvalue weighted by molar-refractivity contribution is 5.59. The van der Waals surface area contributed by atoms with E-state index >= 15 is 0 Å². The minimum Gasteiger partial charge on any atom is -0.469 e. The molecule has 2 N–H and O–H groups in total. The summed E-state index contributed by atoms with van der Waals surface area (Å²) < 4.78 is 5.23. The Balaban J connectivity index is 1.45. The van der Waals surface area contributed by atoms with Gasteiger partial charge in [0, 0.05) is 24.5 Å². The number of H-pyrrole nitrogens is 1. The molecule has 7 heteroatoms. The molecule has 1 fully saturated rings. The zero-order chi connectivity index (χ0) is 17.1. The highest BCUT2D eigenvalue weighted by Gasteiger charge is 2.12. The third-order valence-corrected chi connectivity index (χ3v) is 4.29. The molecule has 4 rings (SSSR count). The second-order valence-electron chi connectivity index (χ2n) is 6.07. The Labute approximate surface area is 144 Å². The number of rotatable bonds is 5. The molecule has 0 saturated carbocycles. The van der Waals surface area contributed by atoms with Crippen LogP contribution in [0, 0.1) is 0 Å². The van der Waals surface area contributed by atoms with Crippen LogP contribution in [-0.2, 0) is 6.42 Å². The van der Waals surface area contributed by atoms with Gasteiger partial charge in [-0.3, -0.25) is 9.78 Å². The molecule has 3 aromatic rings. The van der Waals surface area contributed by atoms with Crippen LogP contribution >= 0.6 is 0 Å². The number of furan rings is 1. The molecule has 2 aromatic heterocycles. The molecule has 7 nitrogen and oxygen atoms in total. The van der Waals surface area contributed by atoms with Gasteiger partial charge >= 0.3 is 0 Å². The number of aromatic nitrogens is 3. The Bertz CT molecular complexity index is 881. The highest BCUT2D eigenvalue weighted by Crippen LogP contribution is 2.22. The molecule has 1 aliphatic rings. The van der Waals surface area contributed by atoms with Gasteiger partial charge in [-0.25, -0.2) is 0 Å². The van der Waals surface area contributed by atoms with E-state index in [2.05, 4.69) is 37.5 Å². The minimum absolute atomic E-state index is 0.275. The summed E-state index contributed by atoms with van der Waals surface area (Å²) in [4.78, 5) is 17.2. The van der Waals surface area contributed by atoms with Crippen molar-refractivity contribution in [3.8, 4) is 0 Å². The third-order valence-electron chi connectivity index (χ3n) is 4.29. The van der Waals surface area contributed by atoms with Crippen LogP contribution in [0.15, 0.2) is 51.9 Å². The van der Waals surface area contributed by atoms with Crippen molar-refractivity contribution in [2.75, 3.05) is 23.3 Å². The van der Waals surface area contributed by atoms with Crippen molar-refractivity contribution in [2.45, 2.75) is 19.3 Å². The summed E-state index contributed by atoms with van der Waals surface area (Å²) in [6.07, 6.45) is 4.39. The lowest BCUT2D eigenvalue weighted by molar-refractivity contribution is 0.517. The third kappa shape index (κ3) is 3.55. The average Bonchev–Trinajstić information content (AvgIpc) is 3.32. The van der Waals surface area contributed by atoms with Gasteiger partial charge in [-0.05, 0) is 49.2 Å². The number of nitrogens with zero attached hydrogens (tertiary/aromatic N) is 3. The molecule has 0 aliphatic carbocycles. The molecule has 1 aromatic carbocycles. The first-order valence-electron chi connectivity index (χ1n) is 8.38. The van der Waals surface area contributed by atoms with Crippen LogP contribution in [0.1, 0.15) is 24.3 Å².